The van der Waals surface area contributed by atoms with Crippen molar-refractivity contribution < 1.29 is 19.4 Å². The van der Waals surface area contributed by atoms with Crippen LogP contribution in [0.15, 0.2) is 41.6 Å². The van der Waals surface area contributed by atoms with Crippen molar-refractivity contribution in [2.24, 2.45) is 0 Å². The van der Waals surface area contributed by atoms with Gasteiger partial charge in [-0.25, -0.2) is 4.79 Å². The number of carboxylic acids is 1. The normalized spacial score (nSPS) is 17.7. The van der Waals surface area contributed by atoms with E-state index in [4.69, 9.17) is 22.1 Å². The molecule has 0 radical (unpaired) electrons. The molecule has 1 aromatic rings. The van der Waals surface area contributed by atoms with Gasteiger partial charge in [0.15, 0.2) is 5.11 Å². The van der Waals surface area contributed by atoms with Crippen LogP contribution in [0.3, 0.4) is 0 Å². The summed E-state index contributed by atoms with van der Waals surface area (Å²) in [6, 6.07) is 9.00. The summed E-state index contributed by atoms with van der Waals surface area (Å²) in [7, 11) is 1.32. The molecule has 2 N–H and O–H groups in total. The van der Waals surface area contributed by atoms with Crippen molar-refractivity contribution in [2.45, 2.75) is 19.4 Å². The summed E-state index contributed by atoms with van der Waals surface area (Å²) in [5.41, 5.74) is 1.92. The molecule has 1 aromatic carbocycles. The molecule has 0 amide bonds. The molecular formula is C16H18N2O4S. The van der Waals surface area contributed by atoms with Gasteiger partial charge in [0.25, 0.3) is 0 Å². The molecule has 0 saturated heterocycles. The molecule has 6 nitrogen and oxygen atoms in total. The maximum Gasteiger partial charge on any atom is 0.337 e. The van der Waals surface area contributed by atoms with Crippen molar-refractivity contribution in [2.75, 3.05) is 13.7 Å². The second-order valence-corrected chi connectivity index (χ2v) is 5.47. The van der Waals surface area contributed by atoms with Crippen molar-refractivity contribution in [3.8, 4) is 0 Å². The number of carbonyl (C=O) groups is 2. The summed E-state index contributed by atoms with van der Waals surface area (Å²) in [6.07, 6.45) is -0.0797. The first-order chi connectivity index (χ1) is 11.0. The van der Waals surface area contributed by atoms with Crippen LogP contribution in [0.1, 0.15) is 24.9 Å². The SMILES string of the molecule is COC(=O)C1=C(C)N(CCC(=O)O)C(=S)NC1c1ccccc1. The van der Waals surface area contributed by atoms with Gasteiger partial charge in [-0.15, -0.1) is 0 Å². The van der Waals surface area contributed by atoms with Crippen molar-refractivity contribution in [1.82, 2.24) is 10.2 Å². The number of nitrogens with one attached hydrogen (secondary N) is 1. The van der Waals surface area contributed by atoms with E-state index in [9.17, 15) is 9.59 Å². The molecule has 2 rings (SSSR count). The summed E-state index contributed by atoms with van der Waals surface area (Å²) in [6.45, 7) is 1.94. The van der Waals surface area contributed by atoms with E-state index < -0.39 is 18.0 Å². The lowest BCUT2D eigenvalue weighted by molar-refractivity contribution is -0.137. The van der Waals surface area contributed by atoms with Gasteiger partial charge in [-0.05, 0) is 24.7 Å². The number of hydrogen-bond donors (Lipinski definition) is 2. The molecular weight excluding hydrogens is 316 g/mol. The summed E-state index contributed by atoms with van der Waals surface area (Å²) in [4.78, 5) is 24.7. The van der Waals surface area contributed by atoms with Crippen molar-refractivity contribution in [1.29, 1.82) is 0 Å². The summed E-state index contributed by atoms with van der Waals surface area (Å²) >= 11 is 5.34. The lowest BCUT2D eigenvalue weighted by Crippen LogP contribution is -2.48. The minimum atomic E-state index is -0.926. The van der Waals surface area contributed by atoms with Gasteiger partial charge in [0.1, 0.15) is 0 Å². The number of thiocarbonyl (C=S) groups is 1. The lowest BCUT2D eigenvalue weighted by atomic mass is 9.95. The zero-order chi connectivity index (χ0) is 17.0. The van der Waals surface area contributed by atoms with E-state index in [1.807, 2.05) is 30.3 Å². The van der Waals surface area contributed by atoms with Gasteiger partial charge in [-0.3, -0.25) is 4.79 Å². The van der Waals surface area contributed by atoms with Crippen LogP contribution in [0.2, 0.25) is 0 Å². The zero-order valence-corrected chi connectivity index (χ0v) is 13.7. The molecule has 0 fully saturated rings. The highest BCUT2D eigenvalue weighted by atomic mass is 32.1. The van der Waals surface area contributed by atoms with Crippen LogP contribution in [0.5, 0.6) is 0 Å². The van der Waals surface area contributed by atoms with Gasteiger partial charge in [0.05, 0.1) is 25.1 Å². The highest BCUT2D eigenvalue weighted by Gasteiger charge is 2.34. The molecule has 0 spiro atoms. The van der Waals surface area contributed by atoms with Crippen LogP contribution < -0.4 is 5.32 Å². The number of allylic oxidation sites excluding steroid dienone is 1. The molecule has 1 aliphatic rings. The van der Waals surface area contributed by atoms with E-state index in [1.165, 1.54) is 7.11 Å². The fraction of sp³-hybridized carbons (Fsp3) is 0.312. The summed E-state index contributed by atoms with van der Waals surface area (Å²) in [5.74, 6) is -1.39. The van der Waals surface area contributed by atoms with Crippen LogP contribution in [0.4, 0.5) is 0 Å². The fourth-order valence-electron chi connectivity index (χ4n) is 2.53. The number of esters is 1. The third-order valence-corrected chi connectivity index (χ3v) is 4.02. The largest absolute Gasteiger partial charge is 0.481 e. The Morgan fingerprint density at radius 3 is 2.57 bits per heavy atom. The average molecular weight is 334 g/mol. The quantitative estimate of drug-likeness (QED) is 0.628. The standard InChI is InChI=1S/C16H18N2O4S/c1-10-13(15(21)22-2)14(11-6-4-3-5-7-11)17-16(23)18(10)9-8-12(19)20/h3-7,14H,8-9H2,1-2H3,(H,17,23)(H,19,20). The van der Waals surface area contributed by atoms with Gasteiger partial charge >= 0.3 is 11.9 Å². The minimum absolute atomic E-state index is 0.0797. The molecule has 0 bridgehead atoms. The van der Waals surface area contributed by atoms with Gasteiger partial charge in [0, 0.05) is 12.2 Å². The Balaban J connectivity index is 2.44. The predicted octanol–water partition coefficient (Wildman–Crippen LogP) is 1.84. The number of nitrogens with zero attached hydrogens (tertiary/aromatic N) is 1. The van der Waals surface area contributed by atoms with E-state index in [2.05, 4.69) is 5.32 Å². The molecule has 23 heavy (non-hydrogen) atoms. The van der Waals surface area contributed by atoms with Gasteiger partial charge in [-0.2, -0.15) is 0 Å². The third-order valence-electron chi connectivity index (χ3n) is 3.68. The average Bonchev–Trinajstić information content (AvgIpc) is 2.54. The van der Waals surface area contributed by atoms with Gasteiger partial charge in [0.2, 0.25) is 0 Å². The van der Waals surface area contributed by atoms with E-state index in [0.29, 0.717) is 16.4 Å². The Hall–Kier alpha value is -2.41. The second-order valence-electron chi connectivity index (χ2n) is 5.08. The van der Waals surface area contributed by atoms with Crippen LogP contribution in [-0.2, 0) is 14.3 Å². The Bertz CT molecular complexity index is 657. The van der Waals surface area contributed by atoms with Crippen LogP contribution in [0.25, 0.3) is 0 Å². The minimum Gasteiger partial charge on any atom is -0.481 e. The van der Waals surface area contributed by atoms with Crippen molar-refractivity contribution in [3.63, 3.8) is 0 Å². The fourth-order valence-corrected chi connectivity index (χ4v) is 2.87. The molecule has 0 aromatic heterocycles. The van der Waals surface area contributed by atoms with E-state index in [1.54, 1.807) is 11.8 Å². The van der Waals surface area contributed by atoms with Gasteiger partial charge < -0.3 is 20.1 Å². The molecule has 1 aliphatic heterocycles. The van der Waals surface area contributed by atoms with Gasteiger partial charge in [-0.1, -0.05) is 30.3 Å². The van der Waals surface area contributed by atoms with E-state index in [0.717, 1.165) is 5.56 Å². The Labute approximate surface area is 139 Å². The number of carbonyl (C=O) groups excluding carboxylic acids is 1. The maximum absolute atomic E-state index is 12.2. The topological polar surface area (TPSA) is 78.9 Å². The van der Waals surface area contributed by atoms with Crippen LogP contribution in [0, 0.1) is 0 Å². The Morgan fingerprint density at radius 1 is 1.35 bits per heavy atom. The maximum atomic E-state index is 12.2. The Morgan fingerprint density at radius 2 is 2.00 bits per heavy atom. The summed E-state index contributed by atoms with van der Waals surface area (Å²) in [5, 5.41) is 12.4. The first-order valence-corrected chi connectivity index (χ1v) is 7.50. The number of ether oxygens (including phenoxy) is 1. The molecule has 0 saturated carbocycles. The first kappa shape index (κ1) is 17.0. The van der Waals surface area contributed by atoms with Crippen molar-refractivity contribution >= 4 is 29.3 Å². The number of methoxy groups -OCH3 is 1. The number of carboxylic acid groups (broad SMARTS) is 1. The molecule has 1 heterocycles. The zero-order valence-electron chi connectivity index (χ0n) is 12.9. The van der Waals surface area contributed by atoms with Crippen LogP contribution in [-0.4, -0.2) is 40.7 Å². The monoisotopic (exact) mass is 334 g/mol. The molecule has 0 aliphatic carbocycles. The second kappa shape index (κ2) is 7.23. The lowest BCUT2D eigenvalue weighted by Gasteiger charge is -2.37. The Kier molecular flexibility index (Phi) is 5.33. The third kappa shape index (κ3) is 3.68. The smallest absolute Gasteiger partial charge is 0.337 e. The summed E-state index contributed by atoms with van der Waals surface area (Å²) < 4.78 is 4.90. The van der Waals surface area contributed by atoms with Crippen LogP contribution >= 0.6 is 12.2 Å². The molecule has 122 valence electrons. The number of hydrogen-bond acceptors (Lipinski definition) is 4. The predicted molar refractivity (Wildman–Crippen MR) is 88.6 cm³/mol. The van der Waals surface area contributed by atoms with E-state index >= 15 is 0 Å². The highest BCUT2D eigenvalue weighted by molar-refractivity contribution is 7.80. The molecule has 7 heteroatoms. The number of aliphatic carboxylic acids is 1. The number of benzene rings is 1. The highest BCUT2D eigenvalue weighted by Crippen LogP contribution is 2.31. The van der Waals surface area contributed by atoms with Crippen molar-refractivity contribution in [3.05, 3.63) is 47.2 Å². The first-order valence-electron chi connectivity index (χ1n) is 7.09. The number of rotatable bonds is 5. The molecule has 1 atom stereocenters. The molecule has 1 unspecified atom stereocenters. The van der Waals surface area contributed by atoms with E-state index in [-0.39, 0.29) is 13.0 Å².